The molecule has 20 heavy (non-hydrogen) atoms. The molecular weight excluding hydrogens is 258 g/mol. The maximum Gasteiger partial charge on any atom is 0.308 e. The quantitative estimate of drug-likeness (QED) is 0.582. The summed E-state index contributed by atoms with van der Waals surface area (Å²) < 4.78 is 10.2. The van der Waals surface area contributed by atoms with E-state index >= 15 is 0 Å². The molecule has 0 heterocycles. The Balaban J connectivity index is 2.52. The number of nitrogens with one attached hydrogen (secondary N) is 1. The fraction of sp³-hybridized carbons (Fsp3) is 0.467. The minimum absolute atomic E-state index is 0.107. The Morgan fingerprint density at radius 1 is 1.20 bits per heavy atom. The smallest absolute Gasteiger partial charge is 0.308 e. The molecule has 0 aliphatic carbocycles. The van der Waals surface area contributed by atoms with Crippen LogP contribution in [0.15, 0.2) is 30.3 Å². The number of rotatable bonds is 8. The van der Waals surface area contributed by atoms with Crippen molar-refractivity contribution < 1.29 is 19.1 Å². The van der Waals surface area contributed by atoms with Gasteiger partial charge in [-0.3, -0.25) is 9.59 Å². The predicted octanol–water partition coefficient (Wildman–Crippen LogP) is 1.83. The highest BCUT2D eigenvalue weighted by Crippen LogP contribution is 2.17. The van der Waals surface area contributed by atoms with Crippen molar-refractivity contribution in [3.05, 3.63) is 35.9 Å². The Bertz CT molecular complexity index is 419. The highest BCUT2D eigenvalue weighted by Gasteiger charge is 2.17. The zero-order valence-electron chi connectivity index (χ0n) is 11.9. The van der Waals surface area contributed by atoms with Crippen LogP contribution in [0.5, 0.6) is 0 Å². The molecule has 0 aliphatic heterocycles. The fourth-order valence-electron chi connectivity index (χ4n) is 1.77. The van der Waals surface area contributed by atoms with Gasteiger partial charge in [0, 0.05) is 13.5 Å². The number of hydrogen-bond donors (Lipinski definition) is 1. The average molecular weight is 279 g/mol. The van der Waals surface area contributed by atoms with Gasteiger partial charge in [-0.2, -0.15) is 0 Å². The van der Waals surface area contributed by atoms with Crippen molar-refractivity contribution in [1.29, 1.82) is 0 Å². The lowest BCUT2D eigenvalue weighted by molar-refractivity contribution is -0.145. The van der Waals surface area contributed by atoms with Crippen molar-refractivity contribution in [2.45, 2.75) is 26.3 Å². The van der Waals surface area contributed by atoms with E-state index in [2.05, 4.69) is 5.32 Å². The SMILES string of the molecule is CCOCCOC(=O)C[C@@H](NC(C)=O)c1ccccc1. The second-order valence-electron chi connectivity index (χ2n) is 4.29. The summed E-state index contributed by atoms with van der Waals surface area (Å²) in [6.45, 7) is 4.52. The molecule has 110 valence electrons. The van der Waals surface area contributed by atoms with E-state index in [-0.39, 0.29) is 30.9 Å². The number of esters is 1. The Hall–Kier alpha value is -1.88. The maximum absolute atomic E-state index is 11.7. The van der Waals surface area contributed by atoms with Gasteiger partial charge < -0.3 is 14.8 Å². The largest absolute Gasteiger partial charge is 0.463 e. The zero-order chi connectivity index (χ0) is 14.8. The van der Waals surface area contributed by atoms with Gasteiger partial charge in [0.1, 0.15) is 6.61 Å². The van der Waals surface area contributed by atoms with Crippen molar-refractivity contribution in [2.75, 3.05) is 19.8 Å². The Labute approximate surface area is 119 Å². The molecule has 5 heteroatoms. The van der Waals surface area contributed by atoms with Gasteiger partial charge in [0.2, 0.25) is 5.91 Å². The van der Waals surface area contributed by atoms with Gasteiger partial charge in [0.05, 0.1) is 19.1 Å². The summed E-state index contributed by atoms with van der Waals surface area (Å²) in [6.07, 6.45) is 0.107. The van der Waals surface area contributed by atoms with Gasteiger partial charge in [-0.25, -0.2) is 0 Å². The van der Waals surface area contributed by atoms with Gasteiger partial charge in [0.25, 0.3) is 0 Å². The predicted molar refractivity (Wildman–Crippen MR) is 75.1 cm³/mol. The van der Waals surface area contributed by atoms with Crippen LogP contribution in [0.25, 0.3) is 0 Å². The van der Waals surface area contributed by atoms with Crippen LogP contribution in [0.1, 0.15) is 31.9 Å². The topological polar surface area (TPSA) is 64.6 Å². The molecule has 0 bridgehead atoms. The molecule has 0 radical (unpaired) electrons. The Morgan fingerprint density at radius 3 is 2.50 bits per heavy atom. The lowest BCUT2D eigenvalue weighted by Crippen LogP contribution is -2.28. The van der Waals surface area contributed by atoms with E-state index < -0.39 is 0 Å². The van der Waals surface area contributed by atoms with Crippen LogP contribution in [0.2, 0.25) is 0 Å². The third-order valence-electron chi connectivity index (χ3n) is 2.65. The van der Waals surface area contributed by atoms with Crippen LogP contribution in [-0.4, -0.2) is 31.7 Å². The molecule has 1 amide bonds. The molecular formula is C15H21NO4. The third kappa shape index (κ3) is 6.33. The number of amides is 1. The zero-order valence-corrected chi connectivity index (χ0v) is 11.9. The first-order valence-electron chi connectivity index (χ1n) is 6.69. The highest BCUT2D eigenvalue weighted by molar-refractivity contribution is 5.76. The molecule has 1 aromatic carbocycles. The lowest BCUT2D eigenvalue weighted by Gasteiger charge is -2.17. The molecule has 0 saturated heterocycles. The number of carbonyl (C=O) groups excluding carboxylic acids is 2. The van der Waals surface area contributed by atoms with E-state index in [0.29, 0.717) is 13.2 Å². The second-order valence-corrected chi connectivity index (χ2v) is 4.29. The molecule has 1 atom stereocenters. The fourth-order valence-corrected chi connectivity index (χ4v) is 1.77. The minimum Gasteiger partial charge on any atom is -0.463 e. The van der Waals surface area contributed by atoms with Crippen molar-refractivity contribution >= 4 is 11.9 Å². The molecule has 1 aromatic rings. The normalized spacial score (nSPS) is 11.7. The Kier molecular flexibility index (Phi) is 7.35. The third-order valence-corrected chi connectivity index (χ3v) is 2.65. The van der Waals surface area contributed by atoms with Crippen LogP contribution >= 0.6 is 0 Å². The average Bonchev–Trinajstić information content (AvgIpc) is 2.43. The first kappa shape index (κ1) is 16.2. The Morgan fingerprint density at radius 2 is 1.90 bits per heavy atom. The van der Waals surface area contributed by atoms with Crippen LogP contribution in [-0.2, 0) is 19.1 Å². The summed E-state index contributed by atoms with van der Waals surface area (Å²) in [7, 11) is 0. The molecule has 5 nitrogen and oxygen atoms in total. The molecule has 0 aromatic heterocycles. The first-order valence-corrected chi connectivity index (χ1v) is 6.69. The molecule has 0 saturated carbocycles. The molecule has 1 rings (SSSR count). The molecule has 0 spiro atoms. The second kappa shape index (κ2) is 9.09. The van der Waals surface area contributed by atoms with Gasteiger partial charge in [-0.1, -0.05) is 30.3 Å². The first-order chi connectivity index (χ1) is 9.63. The number of ether oxygens (including phenoxy) is 2. The molecule has 0 fully saturated rings. The number of hydrogen-bond acceptors (Lipinski definition) is 4. The summed E-state index contributed by atoms with van der Waals surface area (Å²) in [4.78, 5) is 23.0. The van der Waals surface area contributed by atoms with E-state index in [4.69, 9.17) is 9.47 Å². The molecule has 0 unspecified atom stereocenters. The highest BCUT2D eigenvalue weighted by atomic mass is 16.6. The van der Waals surface area contributed by atoms with Crippen LogP contribution < -0.4 is 5.32 Å². The van der Waals surface area contributed by atoms with Crippen molar-refractivity contribution in [2.24, 2.45) is 0 Å². The van der Waals surface area contributed by atoms with E-state index in [1.807, 2.05) is 37.3 Å². The lowest BCUT2D eigenvalue weighted by atomic mass is 10.0. The van der Waals surface area contributed by atoms with Crippen LogP contribution in [0, 0.1) is 0 Å². The summed E-state index contributed by atoms with van der Waals surface area (Å²) in [5.41, 5.74) is 0.879. The minimum atomic E-state index is -0.367. The van der Waals surface area contributed by atoms with Gasteiger partial charge in [0.15, 0.2) is 0 Å². The van der Waals surface area contributed by atoms with Crippen molar-refractivity contribution in [1.82, 2.24) is 5.32 Å². The monoisotopic (exact) mass is 279 g/mol. The summed E-state index contributed by atoms with van der Waals surface area (Å²) in [6, 6.07) is 8.99. The van der Waals surface area contributed by atoms with E-state index in [1.54, 1.807) is 0 Å². The summed E-state index contributed by atoms with van der Waals surface area (Å²) in [5, 5.41) is 2.76. The molecule has 1 N–H and O–H groups in total. The van der Waals surface area contributed by atoms with Gasteiger partial charge >= 0.3 is 5.97 Å². The maximum atomic E-state index is 11.7. The van der Waals surface area contributed by atoms with Crippen molar-refractivity contribution in [3.63, 3.8) is 0 Å². The van der Waals surface area contributed by atoms with Crippen molar-refractivity contribution in [3.8, 4) is 0 Å². The number of carbonyl (C=O) groups is 2. The van der Waals surface area contributed by atoms with Gasteiger partial charge in [-0.05, 0) is 12.5 Å². The van der Waals surface area contributed by atoms with Gasteiger partial charge in [-0.15, -0.1) is 0 Å². The van der Waals surface area contributed by atoms with Crippen LogP contribution in [0.4, 0.5) is 0 Å². The van der Waals surface area contributed by atoms with E-state index in [1.165, 1.54) is 6.92 Å². The van der Waals surface area contributed by atoms with E-state index in [0.717, 1.165) is 5.56 Å². The standard InChI is InChI=1S/C15H21NO4/c1-3-19-9-10-20-15(18)11-14(16-12(2)17)13-7-5-4-6-8-13/h4-8,14H,3,9-11H2,1-2H3,(H,16,17)/t14-/m1/s1. The number of benzene rings is 1. The van der Waals surface area contributed by atoms with E-state index in [9.17, 15) is 9.59 Å². The summed E-state index contributed by atoms with van der Waals surface area (Å²) >= 11 is 0. The summed E-state index contributed by atoms with van der Waals surface area (Å²) in [5.74, 6) is -0.534. The molecule has 0 aliphatic rings. The van der Waals surface area contributed by atoms with Crippen LogP contribution in [0.3, 0.4) is 0 Å².